The van der Waals surface area contributed by atoms with Crippen LogP contribution in [0.15, 0.2) is 59.0 Å². The molecule has 3 fully saturated rings. The van der Waals surface area contributed by atoms with E-state index in [0.717, 1.165) is 25.3 Å². The van der Waals surface area contributed by atoms with Gasteiger partial charge in [-0.1, -0.05) is 6.07 Å². The van der Waals surface area contributed by atoms with Crippen molar-refractivity contribution < 1.29 is 36.0 Å². The van der Waals surface area contributed by atoms with Crippen LogP contribution >= 0.6 is 0 Å². The van der Waals surface area contributed by atoms with Crippen molar-refractivity contribution in [1.29, 1.82) is 0 Å². The summed E-state index contributed by atoms with van der Waals surface area (Å²) in [4.78, 5) is 26.1. The van der Waals surface area contributed by atoms with Crippen LogP contribution in [0.25, 0.3) is 33.4 Å². The molecule has 7 rings (SSSR count). The Balaban J connectivity index is 1.48. The van der Waals surface area contributed by atoms with Gasteiger partial charge in [-0.15, -0.1) is 0 Å². The predicted molar refractivity (Wildman–Crippen MR) is 147 cm³/mol. The van der Waals surface area contributed by atoms with Gasteiger partial charge in [-0.2, -0.15) is 13.2 Å². The Morgan fingerprint density at radius 1 is 0.929 bits per heavy atom. The van der Waals surface area contributed by atoms with Crippen molar-refractivity contribution in [2.45, 2.75) is 44.3 Å². The summed E-state index contributed by atoms with van der Waals surface area (Å²) in [5, 5.41) is 5.78. The van der Waals surface area contributed by atoms with Crippen molar-refractivity contribution in [3.8, 4) is 22.5 Å². The summed E-state index contributed by atoms with van der Waals surface area (Å²) in [6.45, 7) is 0. The molecule has 1 atom stereocenters. The Labute approximate surface area is 238 Å². The van der Waals surface area contributed by atoms with Gasteiger partial charge in [0.15, 0.2) is 0 Å². The monoisotopic (exact) mass is 582 g/mol. The molecule has 3 aromatic carbocycles. The molecule has 0 saturated heterocycles. The van der Waals surface area contributed by atoms with Gasteiger partial charge in [0.05, 0.1) is 11.1 Å². The molecule has 1 unspecified atom stereocenters. The van der Waals surface area contributed by atoms with Gasteiger partial charge in [-0.3, -0.25) is 9.59 Å². The smallest absolute Gasteiger partial charge is 0.389 e. The summed E-state index contributed by atoms with van der Waals surface area (Å²) < 4.78 is 74.4. The van der Waals surface area contributed by atoms with E-state index in [0.29, 0.717) is 33.9 Å². The number of carbonyl (C=O) groups excluding carboxylic acids is 2. The third-order valence-electron chi connectivity index (χ3n) is 8.42. The Hall–Kier alpha value is -4.21. The average molecular weight is 583 g/mol. The Morgan fingerprint density at radius 3 is 2.29 bits per heavy atom. The van der Waals surface area contributed by atoms with E-state index in [1.54, 1.807) is 0 Å². The minimum atomic E-state index is -4.45. The van der Waals surface area contributed by atoms with Gasteiger partial charge in [0.1, 0.15) is 23.0 Å². The van der Waals surface area contributed by atoms with Crippen LogP contribution in [0, 0.1) is 23.5 Å². The van der Waals surface area contributed by atoms with Crippen molar-refractivity contribution in [2.24, 2.45) is 11.8 Å². The molecule has 3 aliphatic rings. The van der Waals surface area contributed by atoms with Crippen molar-refractivity contribution in [3.05, 3.63) is 82.9 Å². The van der Waals surface area contributed by atoms with E-state index in [9.17, 15) is 31.5 Å². The van der Waals surface area contributed by atoms with Crippen LogP contribution in [-0.2, 0) is 6.42 Å². The first-order valence-electron chi connectivity index (χ1n) is 13.8. The lowest BCUT2D eigenvalue weighted by molar-refractivity contribution is -0.133. The van der Waals surface area contributed by atoms with E-state index in [4.69, 9.17) is 4.42 Å². The van der Waals surface area contributed by atoms with E-state index >= 15 is 0 Å². The third kappa shape index (κ3) is 5.26. The fraction of sp³-hybridized carbons (Fsp3) is 0.312. The molecule has 2 amide bonds. The van der Waals surface area contributed by atoms with Gasteiger partial charge in [-0.25, -0.2) is 8.78 Å². The highest BCUT2D eigenvalue weighted by atomic mass is 19.4. The average Bonchev–Trinajstić information content (AvgIpc) is 3.63. The summed E-state index contributed by atoms with van der Waals surface area (Å²) in [6.07, 6.45) is -3.03. The van der Waals surface area contributed by atoms with Gasteiger partial charge < -0.3 is 15.1 Å². The highest BCUT2D eigenvalue weighted by Gasteiger charge is 2.45. The van der Waals surface area contributed by atoms with E-state index in [1.165, 1.54) is 55.6 Å². The maximum atomic E-state index is 14.9. The number of furan rings is 1. The molecular weight excluding hydrogens is 555 g/mol. The zero-order chi connectivity index (χ0) is 29.8. The number of aryl methyl sites for hydroxylation is 1. The summed E-state index contributed by atoms with van der Waals surface area (Å²) in [5.74, 6) is -1.22. The van der Waals surface area contributed by atoms with Crippen LogP contribution in [0.2, 0.25) is 0 Å². The highest BCUT2D eigenvalue weighted by molar-refractivity contribution is 6.12. The van der Waals surface area contributed by atoms with Crippen LogP contribution in [0.1, 0.15) is 52.0 Å². The molecular formula is C32H27F5N2O3. The van der Waals surface area contributed by atoms with Crippen LogP contribution < -0.4 is 10.6 Å². The molecule has 4 aromatic rings. The molecule has 0 spiro atoms. The summed E-state index contributed by atoms with van der Waals surface area (Å²) in [6, 6.07) is 12.1. The maximum Gasteiger partial charge on any atom is 0.389 e. The SMILES string of the molecule is CNC(=O)c1c(-c2ccc(F)cc2)oc2cc(CCC(F)(F)F)c(-c3ccc(F)c(C(=O)NC4CC5CC4C5)c3)cc12. The second kappa shape index (κ2) is 10.6. The number of fused-ring (bicyclic) bond motifs is 2. The molecule has 2 N–H and O–H groups in total. The number of nitrogens with one attached hydrogen (secondary N) is 2. The lowest BCUT2D eigenvalue weighted by Crippen LogP contribution is -2.36. The zero-order valence-electron chi connectivity index (χ0n) is 22.6. The number of halogens is 5. The first-order valence-corrected chi connectivity index (χ1v) is 13.8. The number of benzene rings is 3. The normalized spacial score (nSPS) is 19.5. The van der Waals surface area contributed by atoms with Crippen molar-refractivity contribution in [2.75, 3.05) is 7.05 Å². The fourth-order valence-electron chi connectivity index (χ4n) is 6.24. The second-order valence-electron chi connectivity index (χ2n) is 11.1. The summed E-state index contributed by atoms with van der Waals surface area (Å²) >= 11 is 0. The van der Waals surface area contributed by atoms with E-state index < -0.39 is 42.5 Å². The molecule has 3 aliphatic carbocycles. The Bertz CT molecular complexity index is 1690. The first kappa shape index (κ1) is 27.9. The minimum Gasteiger partial charge on any atom is -0.455 e. The lowest BCUT2D eigenvalue weighted by atomic mass is 9.84. The predicted octanol–water partition coefficient (Wildman–Crippen LogP) is 7.43. The number of carbonyl (C=O) groups is 2. The molecule has 5 nitrogen and oxygen atoms in total. The molecule has 10 heteroatoms. The summed E-state index contributed by atoms with van der Waals surface area (Å²) in [5.41, 5.74) is 1.35. The topological polar surface area (TPSA) is 71.3 Å². The third-order valence-corrected chi connectivity index (χ3v) is 8.42. The lowest BCUT2D eigenvalue weighted by Gasteiger charge is -2.24. The first-order chi connectivity index (χ1) is 20.0. The van der Waals surface area contributed by atoms with E-state index in [1.807, 2.05) is 0 Å². The minimum absolute atomic E-state index is 0.0184. The van der Waals surface area contributed by atoms with Crippen LogP contribution in [0.5, 0.6) is 0 Å². The second-order valence-corrected chi connectivity index (χ2v) is 11.1. The molecule has 2 bridgehead atoms. The Morgan fingerprint density at radius 2 is 1.64 bits per heavy atom. The number of hydrogen-bond donors (Lipinski definition) is 2. The molecule has 1 heterocycles. The van der Waals surface area contributed by atoms with E-state index in [2.05, 4.69) is 10.6 Å². The molecule has 42 heavy (non-hydrogen) atoms. The quantitative estimate of drug-likeness (QED) is 0.223. The van der Waals surface area contributed by atoms with Crippen LogP contribution in [-0.4, -0.2) is 31.1 Å². The van der Waals surface area contributed by atoms with E-state index in [-0.39, 0.29) is 34.1 Å². The van der Waals surface area contributed by atoms with Gasteiger partial charge in [-0.05, 0) is 103 Å². The number of hydrogen-bond acceptors (Lipinski definition) is 3. The Kier molecular flexibility index (Phi) is 7.03. The molecule has 0 aliphatic heterocycles. The zero-order valence-corrected chi connectivity index (χ0v) is 22.6. The molecule has 218 valence electrons. The largest absolute Gasteiger partial charge is 0.455 e. The van der Waals surface area contributed by atoms with Crippen molar-refractivity contribution in [1.82, 2.24) is 10.6 Å². The van der Waals surface area contributed by atoms with Gasteiger partial charge in [0.25, 0.3) is 11.8 Å². The number of alkyl halides is 3. The van der Waals surface area contributed by atoms with Gasteiger partial charge >= 0.3 is 6.18 Å². The molecule has 1 aromatic heterocycles. The summed E-state index contributed by atoms with van der Waals surface area (Å²) in [7, 11) is 1.42. The molecule has 0 radical (unpaired) electrons. The van der Waals surface area contributed by atoms with Gasteiger partial charge in [0.2, 0.25) is 0 Å². The van der Waals surface area contributed by atoms with Crippen molar-refractivity contribution in [3.63, 3.8) is 0 Å². The fourth-order valence-corrected chi connectivity index (χ4v) is 6.24. The van der Waals surface area contributed by atoms with Crippen LogP contribution in [0.3, 0.4) is 0 Å². The van der Waals surface area contributed by atoms with Crippen LogP contribution in [0.4, 0.5) is 22.0 Å². The van der Waals surface area contributed by atoms with Crippen molar-refractivity contribution >= 4 is 22.8 Å². The number of rotatable bonds is 7. The molecule has 3 saturated carbocycles. The maximum absolute atomic E-state index is 14.9. The number of amides is 2. The highest BCUT2D eigenvalue weighted by Crippen LogP contribution is 2.48. The standard InChI is InChI=1S/C32H27F5N2O3/c1-38-31(41)28-24-15-22(18-4-7-25(34)23(13-18)30(40)39-26-12-16-10-20(26)11-16)19(8-9-32(35,36)37)14-27(24)42-29(28)17-2-5-21(33)6-3-17/h2-7,13-16,20,26H,8-12H2,1H3,(H,38,41)(H,39,40). The van der Waals surface area contributed by atoms with Gasteiger partial charge in [0, 0.05) is 30.5 Å².